The predicted molar refractivity (Wildman–Crippen MR) is 94.9 cm³/mol. The van der Waals surface area contributed by atoms with Crippen molar-refractivity contribution in [3.63, 3.8) is 0 Å². The lowest BCUT2D eigenvalue weighted by molar-refractivity contribution is 0.0661. The summed E-state index contributed by atoms with van der Waals surface area (Å²) < 4.78 is 0. The van der Waals surface area contributed by atoms with Gasteiger partial charge in [0.25, 0.3) is 5.91 Å². The summed E-state index contributed by atoms with van der Waals surface area (Å²) >= 11 is 0. The normalized spacial score (nSPS) is 23.2. The number of anilines is 1. The Morgan fingerprint density at radius 3 is 2.65 bits per heavy atom. The second kappa shape index (κ2) is 6.91. The number of carbonyl (C=O) groups excluding carboxylic acids is 1. The van der Waals surface area contributed by atoms with E-state index in [4.69, 9.17) is 5.73 Å². The molecule has 126 valence electrons. The van der Waals surface area contributed by atoms with Gasteiger partial charge in [0.2, 0.25) is 0 Å². The van der Waals surface area contributed by atoms with Crippen LogP contribution in [0.2, 0.25) is 0 Å². The van der Waals surface area contributed by atoms with Crippen LogP contribution < -0.4 is 10.6 Å². The van der Waals surface area contributed by atoms with E-state index in [1.807, 2.05) is 4.90 Å². The molecule has 2 aliphatic rings. The molecule has 0 bridgehead atoms. The smallest absolute Gasteiger partial charge is 0.255 e. The monoisotopic (exact) mass is 315 g/mol. The minimum atomic E-state index is 0.154. The number of nitrogens with two attached hydrogens (primary N) is 1. The Kier molecular flexibility index (Phi) is 4.90. The van der Waals surface area contributed by atoms with Crippen LogP contribution in [0.3, 0.4) is 0 Å². The standard InChI is InChI=1S/C19H29N3O/c1-14-7-8-18(21-9-3-4-10-21)17(12-14)19(23)22-11-5-6-16(13-22)15(2)20/h7-8,12,15-16H,3-6,9-11,13,20H2,1-2H3/t15-,16-/m0/s1. The number of rotatable bonds is 3. The van der Waals surface area contributed by atoms with Crippen molar-refractivity contribution in [3.8, 4) is 0 Å². The van der Waals surface area contributed by atoms with E-state index in [-0.39, 0.29) is 11.9 Å². The first kappa shape index (κ1) is 16.3. The molecule has 3 rings (SSSR count). The molecule has 0 radical (unpaired) electrons. The summed E-state index contributed by atoms with van der Waals surface area (Å²) in [5.41, 5.74) is 9.21. The Balaban J connectivity index is 1.84. The van der Waals surface area contributed by atoms with Gasteiger partial charge in [0.15, 0.2) is 0 Å². The molecule has 4 heteroatoms. The molecule has 2 aliphatic heterocycles. The van der Waals surface area contributed by atoms with Gasteiger partial charge in [-0.15, -0.1) is 0 Å². The third kappa shape index (κ3) is 3.52. The highest BCUT2D eigenvalue weighted by Crippen LogP contribution is 2.28. The molecule has 1 aromatic rings. The number of piperidine rings is 1. The SMILES string of the molecule is Cc1ccc(N2CCCC2)c(C(=O)N2CCC[C@H]([C@H](C)N)C2)c1. The fourth-order valence-electron chi connectivity index (χ4n) is 3.85. The van der Waals surface area contributed by atoms with Gasteiger partial charge in [-0.25, -0.2) is 0 Å². The molecular formula is C19H29N3O. The molecule has 2 atom stereocenters. The molecule has 2 saturated heterocycles. The van der Waals surface area contributed by atoms with Gasteiger partial charge in [0, 0.05) is 37.9 Å². The van der Waals surface area contributed by atoms with E-state index in [0.717, 1.165) is 55.8 Å². The number of amides is 1. The highest BCUT2D eigenvalue weighted by atomic mass is 16.2. The maximum Gasteiger partial charge on any atom is 0.255 e. The summed E-state index contributed by atoms with van der Waals surface area (Å²) in [6.07, 6.45) is 4.63. The van der Waals surface area contributed by atoms with Crippen LogP contribution in [-0.4, -0.2) is 43.0 Å². The van der Waals surface area contributed by atoms with Crippen molar-refractivity contribution >= 4 is 11.6 Å². The largest absolute Gasteiger partial charge is 0.371 e. The minimum absolute atomic E-state index is 0.154. The van der Waals surface area contributed by atoms with Gasteiger partial charge < -0.3 is 15.5 Å². The lowest BCUT2D eigenvalue weighted by atomic mass is 9.91. The summed E-state index contributed by atoms with van der Waals surface area (Å²) in [6.45, 7) is 7.89. The van der Waals surface area contributed by atoms with Gasteiger partial charge in [-0.05, 0) is 57.6 Å². The number of benzene rings is 1. The maximum absolute atomic E-state index is 13.2. The lowest BCUT2D eigenvalue weighted by Crippen LogP contribution is -2.45. The molecule has 2 N–H and O–H groups in total. The van der Waals surface area contributed by atoms with Crippen molar-refractivity contribution in [1.82, 2.24) is 4.90 Å². The Bertz CT molecular complexity index is 564. The predicted octanol–water partition coefficient (Wildman–Crippen LogP) is 2.79. The first-order valence-corrected chi connectivity index (χ1v) is 8.96. The fraction of sp³-hybridized carbons (Fsp3) is 0.632. The molecule has 0 aliphatic carbocycles. The highest BCUT2D eigenvalue weighted by molar-refractivity contribution is 6.00. The zero-order valence-electron chi connectivity index (χ0n) is 14.4. The quantitative estimate of drug-likeness (QED) is 0.933. The topological polar surface area (TPSA) is 49.6 Å². The van der Waals surface area contributed by atoms with Gasteiger partial charge in [-0.2, -0.15) is 0 Å². The third-order valence-electron chi connectivity index (χ3n) is 5.32. The van der Waals surface area contributed by atoms with E-state index in [1.54, 1.807) is 0 Å². The van der Waals surface area contributed by atoms with Gasteiger partial charge in [0.05, 0.1) is 5.56 Å². The molecule has 2 fully saturated rings. The molecule has 1 aromatic carbocycles. The van der Waals surface area contributed by atoms with E-state index >= 15 is 0 Å². The van der Waals surface area contributed by atoms with Crippen LogP contribution >= 0.6 is 0 Å². The lowest BCUT2D eigenvalue weighted by Gasteiger charge is -2.35. The summed E-state index contributed by atoms with van der Waals surface area (Å²) in [6, 6.07) is 6.46. The molecule has 0 saturated carbocycles. The Morgan fingerprint density at radius 2 is 1.96 bits per heavy atom. The average Bonchev–Trinajstić information content (AvgIpc) is 3.08. The Morgan fingerprint density at radius 1 is 1.22 bits per heavy atom. The van der Waals surface area contributed by atoms with Crippen molar-refractivity contribution in [3.05, 3.63) is 29.3 Å². The molecule has 4 nitrogen and oxygen atoms in total. The number of hydrogen-bond acceptors (Lipinski definition) is 3. The molecular weight excluding hydrogens is 286 g/mol. The molecule has 1 amide bonds. The van der Waals surface area contributed by atoms with Crippen LogP contribution in [0.15, 0.2) is 18.2 Å². The Labute approximate surface area is 139 Å². The van der Waals surface area contributed by atoms with Crippen LogP contribution in [0.1, 0.15) is 48.5 Å². The number of aryl methyl sites for hydroxylation is 1. The maximum atomic E-state index is 13.2. The van der Waals surface area contributed by atoms with Gasteiger partial charge in [-0.1, -0.05) is 11.6 Å². The average molecular weight is 315 g/mol. The van der Waals surface area contributed by atoms with Gasteiger partial charge >= 0.3 is 0 Å². The van der Waals surface area contributed by atoms with E-state index in [0.29, 0.717) is 5.92 Å². The molecule has 23 heavy (non-hydrogen) atoms. The third-order valence-corrected chi connectivity index (χ3v) is 5.32. The van der Waals surface area contributed by atoms with Crippen LogP contribution in [0.4, 0.5) is 5.69 Å². The number of nitrogens with zero attached hydrogens (tertiary/aromatic N) is 2. The van der Waals surface area contributed by atoms with E-state index in [1.165, 1.54) is 12.8 Å². The zero-order chi connectivity index (χ0) is 16.4. The van der Waals surface area contributed by atoms with Crippen molar-refractivity contribution in [2.24, 2.45) is 11.7 Å². The van der Waals surface area contributed by atoms with E-state index < -0.39 is 0 Å². The van der Waals surface area contributed by atoms with Crippen molar-refractivity contribution < 1.29 is 4.79 Å². The molecule has 0 aromatic heterocycles. The first-order valence-electron chi connectivity index (χ1n) is 8.96. The van der Waals surface area contributed by atoms with Gasteiger partial charge in [0.1, 0.15) is 0 Å². The number of carbonyl (C=O) groups is 1. The van der Waals surface area contributed by atoms with Crippen molar-refractivity contribution in [2.75, 3.05) is 31.1 Å². The minimum Gasteiger partial charge on any atom is -0.371 e. The van der Waals surface area contributed by atoms with Crippen molar-refractivity contribution in [2.45, 2.75) is 45.6 Å². The fourth-order valence-corrected chi connectivity index (χ4v) is 3.85. The zero-order valence-corrected chi connectivity index (χ0v) is 14.4. The number of likely N-dealkylation sites (tertiary alicyclic amines) is 1. The summed E-state index contributed by atoms with van der Waals surface area (Å²) in [7, 11) is 0. The van der Waals surface area contributed by atoms with Crippen LogP contribution in [-0.2, 0) is 0 Å². The van der Waals surface area contributed by atoms with Gasteiger partial charge in [-0.3, -0.25) is 4.79 Å². The molecule has 0 unspecified atom stereocenters. The summed E-state index contributed by atoms with van der Waals surface area (Å²) in [4.78, 5) is 17.5. The van der Waals surface area contributed by atoms with E-state index in [9.17, 15) is 4.79 Å². The van der Waals surface area contributed by atoms with Crippen LogP contribution in [0, 0.1) is 12.8 Å². The molecule has 2 heterocycles. The second-order valence-electron chi connectivity index (χ2n) is 7.23. The van der Waals surface area contributed by atoms with Crippen LogP contribution in [0.5, 0.6) is 0 Å². The second-order valence-corrected chi connectivity index (χ2v) is 7.23. The van der Waals surface area contributed by atoms with Crippen LogP contribution in [0.25, 0.3) is 0 Å². The summed E-state index contributed by atoms with van der Waals surface area (Å²) in [5, 5.41) is 0. The molecule has 0 spiro atoms. The number of hydrogen-bond donors (Lipinski definition) is 1. The van der Waals surface area contributed by atoms with E-state index in [2.05, 4.69) is 36.9 Å². The van der Waals surface area contributed by atoms with Crippen molar-refractivity contribution in [1.29, 1.82) is 0 Å². The highest BCUT2D eigenvalue weighted by Gasteiger charge is 2.29. The Hall–Kier alpha value is -1.55. The summed E-state index contributed by atoms with van der Waals surface area (Å²) in [5.74, 6) is 0.605. The first-order chi connectivity index (χ1) is 11.1.